The Labute approximate surface area is 125 Å². The average Bonchev–Trinajstić information content (AvgIpc) is 2.45. The van der Waals surface area contributed by atoms with Gasteiger partial charge in [0, 0.05) is 25.2 Å². The van der Waals surface area contributed by atoms with Gasteiger partial charge in [0.25, 0.3) is 0 Å². The second-order valence-corrected chi connectivity index (χ2v) is 4.82. The van der Waals surface area contributed by atoms with Crippen LogP contribution < -0.4 is 4.74 Å². The number of hydrogen-bond donors (Lipinski definition) is 0. The van der Waals surface area contributed by atoms with Gasteiger partial charge in [-0.15, -0.1) is 0 Å². The lowest BCUT2D eigenvalue weighted by molar-refractivity contribution is -0.136. The highest BCUT2D eigenvalue weighted by molar-refractivity contribution is 5.69. The van der Waals surface area contributed by atoms with Gasteiger partial charge in [-0.1, -0.05) is 12.1 Å². The highest BCUT2D eigenvalue weighted by Gasteiger charge is 2.33. The van der Waals surface area contributed by atoms with E-state index < -0.39 is 24.5 Å². The molecule has 0 saturated carbocycles. The number of carbonyl (C=O) groups is 1. The van der Waals surface area contributed by atoms with E-state index in [-0.39, 0.29) is 0 Å². The molecule has 0 aliphatic carbocycles. The molecule has 116 valence electrons. The fourth-order valence-electron chi connectivity index (χ4n) is 2.19. The second-order valence-electron chi connectivity index (χ2n) is 4.82. The van der Waals surface area contributed by atoms with Crippen molar-refractivity contribution in [3.63, 3.8) is 0 Å². The molecule has 0 bridgehead atoms. The minimum Gasteiger partial charge on any atom is -0.427 e. The molecule has 1 aromatic carbocycles. The zero-order chi connectivity index (χ0) is 16.2. The number of rotatable bonds is 4. The van der Waals surface area contributed by atoms with Crippen molar-refractivity contribution < 1.29 is 22.7 Å². The van der Waals surface area contributed by atoms with Crippen LogP contribution in [0.15, 0.2) is 48.8 Å². The van der Waals surface area contributed by atoms with Gasteiger partial charge in [0.05, 0.1) is 6.42 Å². The molecule has 0 spiro atoms. The first-order chi connectivity index (χ1) is 10.3. The van der Waals surface area contributed by atoms with Crippen molar-refractivity contribution in [3.05, 3.63) is 59.9 Å². The van der Waals surface area contributed by atoms with Crippen LogP contribution in [0.4, 0.5) is 13.2 Å². The van der Waals surface area contributed by atoms with Gasteiger partial charge in [-0.05, 0) is 35.4 Å². The fraction of sp³-hybridized carbons (Fsp3) is 0.250. The summed E-state index contributed by atoms with van der Waals surface area (Å²) in [5.74, 6) is -1.00. The summed E-state index contributed by atoms with van der Waals surface area (Å²) in [7, 11) is 0. The van der Waals surface area contributed by atoms with Crippen molar-refractivity contribution in [3.8, 4) is 5.75 Å². The number of ether oxygens (including phenoxy) is 1. The summed E-state index contributed by atoms with van der Waals surface area (Å²) in [6, 6.07) is 9.18. The molecule has 0 amide bonds. The second kappa shape index (κ2) is 6.60. The molecule has 2 aromatic rings. The van der Waals surface area contributed by atoms with E-state index in [9.17, 15) is 18.0 Å². The lowest BCUT2D eigenvalue weighted by Gasteiger charge is -2.19. The summed E-state index contributed by atoms with van der Waals surface area (Å²) < 4.78 is 43.4. The predicted octanol–water partition coefficient (Wildman–Crippen LogP) is 4.09. The standard InChI is InChI=1S/C16H14F3NO2/c1-11(21)22-14-4-2-12(3-5-14)15(10-16(17,18)19)13-6-8-20-9-7-13/h2-9,15H,10H2,1H3. The lowest BCUT2D eigenvalue weighted by atomic mass is 9.89. The van der Waals surface area contributed by atoms with Crippen LogP contribution in [-0.2, 0) is 4.79 Å². The van der Waals surface area contributed by atoms with Crippen LogP contribution in [0.2, 0.25) is 0 Å². The third kappa shape index (κ3) is 4.58. The van der Waals surface area contributed by atoms with Gasteiger partial charge in [0.1, 0.15) is 5.75 Å². The number of benzene rings is 1. The van der Waals surface area contributed by atoms with Crippen LogP contribution in [0, 0.1) is 0 Å². The molecule has 2 rings (SSSR count). The maximum Gasteiger partial charge on any atom is 0.390 e. The van der Waals surface area contributed by atoms with Gasteiger partial charge in [0.15, 0.2) is 0 Å². The van der Waals surface area contributed by atoms with Crippen molar-refractivity contribution in [1.82, 2.24) is 4.98 Å². The van der Waals surface area contributed by atoms with Gasteiger partial charge in [-0.3, -0.25) is 9.78 Å². The SMILES string of the molecule is CC(=O)Oc1ccc(C(CC(F)(F)F)c2ccncc2)cc1. The molecule has 0 aliphatic rings. The quantitative estimate of drug-likeness (QED) is 0.631. The largest absolute Gasteiger partial charge is 0.427 e. The molecule has 0 N–H and O–H groups in total. The maximum absolute atomic E-state index is 12.8. The molecule has 1 heterocycles. The minimum absolute atomic E-state index is 0.303. The summed E-state index contributed by atoms with van der Waals surface area (Å²) in [5.41, 5.74) is 1.03. The Hall–Kier alpha value is -2.37. The summed E-state index contributed by atoms with van der Waals surface area (Å²) in [5, 5.41) is 0. The third-order valence-corrected chi connectivity index (χ3v) is 3.09. The number of pyridine rings is 1. The Morgan fingerprint density at radius 3 is 2.14 bits per heavy atom. The van der Waals surface area contributed by atoms with Crippen LogP contribution in [0.1, 0.15) is 30.4 Å². The van der Waals surface area contributed by atoms with Gasteiger partial charge in [-0.25, -0.2) is 0 Å². The molecule has 6 heteroatoms. The first-order valence-corrected chi connectivity index (χ1v) is 6.60. The molecule has 0 aliphatic heterocycles. The molecule has 0 radical (unpaired) electrons. The average molecular weight is 309 g/mol. The van der Waals surface area contributed by atoms with E-state index in [1.54, 1.807) is 12.1 Å². The Morgan fingerprint density at radius 2 is 1.64 bits per heavy atom. The molecule has 0 fully saturated rings. The van der Waals surface area contributed by atoms with Crippen molar-refractivity contribution in [2.45, 2.75) is 25.4 Å². The van der Waals surface area contributed by atoms with E-state index in [1.165, 1.54) is 43.6 Å². The molecule has 1 unspecified atom stereocenters. The van der Waals surface area contributed by atoms with Crippen molar-refractivity contribution in [2.75, 3.05) is 0 Å². The van der Waals surface area contributed by atoms with Gasteiger partial charge < -0.3 is 4.74 Å². The van der Waals surface area contributed by atoms with E-state index in [1.807, 2.05) is 0 Å². The number of aromatic nitrogens is 1. The predicted molar refractivity (Wildman–Crippen MR) is 74.5 cm³/mol. The highest BCUT2D eigenvalue weighted by atomic mass is 19.4. The van der Waals surface area contributed by atoms with E-state index in [4.69, 9.17) is 4.74 Å². The zero-order valence-corrected chi connectivity index (χ0v) is 11.8. The van der Waals surface area contributed by atoms with E-state index in [0.717, 1.165) is 0 Å². The molecular formula is C16H14F3NO2. The molecule has 1 aromatic heterocycles. The Balaban J connectivity index is 2.31. The van der Waals surface area contributed by atoms with Crippen molar-refractivity contribution in [1.29, 1.82) is 0 Å². The van der Waals surface area contributed by atoms with Crippen LogP contribution in [0.5, 0.6) is 5.75 Å². The number of halogens is 3. The van der Waals surface area contributed by atoms with E-state index in [2.05, 4.69) is 4.98 Å². The van der Waals surface area contributed by atoms with Gasteiger partial charge in [-0.2, -0.15) is 13.2 Å². The maximum atomic E-state index is 12.8. The lowest BCUT2D eigenvalue weighted by Crippen LogP contribution is -2.15. The number of carbonyl (C=O) groups excluding carboxylic acids is 1. The van der Waals surface area contributed by atoms with E-state index in [0.29, 0.717) is 16.9 Å². The summed E-state index contributed by atoms with van der Waals surface area (Å²) in [6.07, 6.45) is -2.33. The fourth-order valence-corrected chi connectivity index (χ4v) is 2.19. The van der Waals surface area contributed by atoms with Crippen LogP contribution in [0.25, 0.3) is 0 Å². The third-order valence-electron chi connectivity index (χ3n) is 3.09. The molecule has 22 heavy (non-hydrogen) atoms. The first kappa shape index (κ1) is 16.0. The van der Waals surface area contributed by atoms with Crippen molar-refractivity contribution in [2.24, 2.45) is 0 Å². The zero-order valence-electron chi connectivity index (χ0n) is 11.8. The van der Waals surface area contributed by atoms with Gasteiger partial charge >= 0.3 is 12.1 Å². The minimum atomic E-state index is -4.29. The Bertz CT molecular complexity index is 624. The molecule has 0 saturated heterocycles. The summed E-state index contributed by atoms with van der Waals surface area (Å²) in [6.45, 7) is 1.26. The number of nitrogens with zero attached hydrogens (tertiary/aromatic N) is 1. The Kier molecular flexibility index (Phi) is 4.80. The topological polar surface area (TPSA) is 39.2 Å². The Morgan fingerprint density at radius 1 is 1.09 bits per heavy atom. The first-order valence-electron chi connectivity index (χ1n) is 6.60. The number of esters is 1. The van der Waals surface area contributed by atoms with Crippen LogP contribution in [0.3, 0.4) is 0 Å². The normalized spacial score (nSPS) is 12.7. The molecule has 3 nitrogen and oxygen atoms in total. The molecular weight excluding hydrogens is 295 g/mol. The highest BCUT2D eigenvalue weighted by Crippen LogP contribution is 2.36. The van der Waals surface area contributed by atoms with Crippen molar-refractivity contribution >= 4 is 5.97 Å². The monoisotopic (exact) mass is 309 g/mol. The van der Waals surface area contributed by atoms with E-state index >= 15 is 0 Å². The number of alkyl halides is 3. The summed E-state index contributed by atoms with van der Waals surface area (Å²) in [4.78, 5) is 14.7. The molecule has 1 atom stereocenters. The van der Waals surface area contributed by atoms with Crippen LogP contribution >= 0.6 is 0 Å². The van der Waals surface area contributed by atoms with Gasteiger partial charge in [0.2, 0.25) is 0 Å². The van der Waals surface area contributed by atoms with Crippen LogP contribution in [-0.4, -0.2) is 17.1 Å². The smallest absolute Gasteiger partial charge is 0.390 e. The number of hydrogen-bond acceptors (Lipinski definition) is 3. The summed E-state index contributed by atoms with van der Waals surface area (Å²) >= 11 is 0.